The number of nitrogens with two attached hydrogens (primary N) is 1. The van der Waals surface area contributed by atoms with Crippen LogP contribution >= 0.6 is 0 Å². The molecule has 0 bridgehead atoms. The fraction of sp³-hybridized carbons (Fsp3) is 0.316. The molecule has 112 valence electrons. The predicted molar refractivity (Wildman–Crippen MR) is 85.1 cm³/mol. The van der Waals surface area contributed by atoms with E-state index in [1.165, 1.54) is 0 Å². The van der Waals surface area contributed by atoms with Crippen LogP contribution in [0.1, 0.15) is 31.4 Å². The summed E-state index contributed by atoms with van der Waals surface area (Å²) in [5.41, 5.74) is 9.58. The first kappa shape index (κ1) is 13.5. The van der Waals surface area contributed by atoms with Gasteiger partial charge in [-0.15, -0.1) is 0 Å². The van der Waals surface area contributed by atoms with Crippen molar-refractivity contribution in [3.05, 3.63) is 59.7 Å². The summed E-state index contributed by atoms with van der Waals surface area (Å²) in [5.74, 6) is -0.257. The minimum atomic E-state index is -0.748. The van der Waals surface area contributed by atoms with E-state index < -0.39 is 11.1 Å². The van der Waals surface area contributed by atoms with E-state index in [0.29, 0.717) is 6.42 Å². The van der Waals surface area contributed by atoms with Gasteiger partial charge < -0.3 is 10.5 Å². The Hall–Kier alpha value is -2.13. The molecule has 1 fully saturated rings. The lowest BCUT2D eigenvalue weighted by Crippen LogP contribution is -2.49. The lowest BCUT2D eigenvalue weighted by atomic mass is 9.70. The van der Waals surface area contributed by atoms with E-state index in [2.05, 4.69) is 24.3 Å². The first-order chi connectivity index (χ1) is 10.4. The molecule has 3 heteroatoms. The molecule has 0 radical (unpaired) electrons. The normalized spacial score (nSPS) is 21.6. The van der Waals surface area contributed by atoms with Crippen molar-refractivity contribution < 1.29 is 9.53 Å². The summed E-state index contributed by atoms with van der Waals surface area (Å²) in [5, 5.41) is 0. The standard InChI is InChI=1S/C19H19NO2/c1-18(2,20)16-11-17(21)22-19(16)14-9-5-3-7-12(14)13-8-4-6-10-15(13)19/h3-10,16H,11,20H2,1-2H3. The molecule has 2 aromatic carbocycles. The number of hydrogen-bond acceptors (Lipinski definition) is 3. The van der Waals surface area contributed by atoms with E-state index in [1.807, 2.05) is 38.1 Å². The number of carbonyl (C=O) groups is 1. The molecule has 1 aliphatic carbocycles. The van der Waals surface area contributed by atoms with Crippen LogP contribution in [0.4, 0.5) is 0 Å². The van der Waals surface area contributed by atoms with Gasteiger partial charge in [0.05, 0.1) is 6.42 Å². The summed E-state index contributed by atoms with van der Waals surface area (Å²) < 4.78 is 5.98. The Labute approximate surface area is 130 Å². The Morgan fingerprint density at radius 2 is 1.55 bits per heavy atom. The van der Waals surface area contributed by atoms with E-state index in [4.69, 9.17) is 10.5 Å². The molecule has 1 heterocycles. The number of rotatable bonds is 1. The highest BCUT2D eigenvalue weighted by Crippen LogP contribution is 2.58. The van der Waals surface area contributed by atoms with Gasteiger partial charge in [0.1, 0.15) is 0 Å². The largest absolute Gasteiger partial charge is 0.449 e. The van der Waals surface area contributed by atoms with Crippen molar-refractivity contribution in [3.63, 3.8) is 0 Å². The van der Waals surface area contributed by atoms with Gasteiger partial charge in [-0.1, -0.05) is 48.5 Å². The molecule has 22 heavy (non-hydrogen) atoms. The van der Waals surface area contributed by atoms with Crippen molar-refractivity contribution >= 4 is 5.97 Å². The predicted octanol–water partition coefficient (Wildman–Crippen LogP) is 3.21. The second-order valence-corrected chi connectivity index (χ2v) is 6.88. The molecular formula is C19H19NO2. The number of hydrogen-bond donors (Lipinski definition) is 1. The molecule has 0 saturated carbocycles. The SMILES string of the molecule is CC(C)(N)C1CC(=O)OC12c1ccccc1-c1ccccc12. The molecule has 1 saturated heterocycles. The highest BCUT2D eigenvalue weighted by atomic mass is 16.6. The maximum absolute atomic E-state index is 12.2. The number of benzene rings is 2. The second-order valence-electron chi connectivity index (χ2n) is 6.88. The zero-order chi connectivity index (χ0) is 15.5. The fourth-order valence-corrected chi connectivity index (χ4v) is 4.10. The summed E-state index contributed by atoms with van der Waals surface area (Å²) >= 11 is 0. The molecule has 1 aliphatic heterocycles. The van der Waals surface area contributed by atoms with Crippen molar-refractivity contribution in [1.82, 2.24) is 0 Å². The Kier molecular flexibility index (Phi) is 2.58. The number of ether oxygens (including phenoxy) is 1. The van der Waals surface area contributed by atoms with Crippen LogP contribution in [0.2, 0.25) is 0 Å². The first-order valence-electron chi connectivity index (χ1n) is 7.64. The Morgan fingerprint density at radius 1 is 1.05 bits per heavy atom. The molecule has 0 amide bonds. The minimum absolute atomic E-state index is 0.0858. The highest BCUT2D eigenvalue weighted by molar-refractivity contribution is 5.85. The molecular weight excluding hydrogens is 274 g/mol. The van der Waals surface area contributed by atoms with Crippen LogP contribution in [0, 0.1) is 5.92 Å². The molecule has 3 nitrogen and oxygen atoms in total. The minimum Gasteiger partial charge on any atom is -0.449 e. The van der Waals surface area contributed by atoms with E-state index in [0.717, 1.165) is 22.3 Å². The molecule has 2 aliphatic rings. The number of esters is 1. The maximum Gasteiger partial charge on any atom is 0.307 e. The van der Waals surface area contributed by atoms with Gasteiger partial charge in [-0.2, -0.15) is 0 Å². The average Bonchev–Trinajstić information content (AvgIpc) is 2.98. The molecule has 2 aromatic rings. The fourth-order valence-electron chi connectivity index (χ4n) is 4.10. The molecule has 1 unspecified atom stereocenters. The van der Waals surface area contributed by atoms with Crippen LogP contribution in [0.3, 0.4) is 0 Å². The van der Waals surface area contributed by atoms with E-state index >= 15 is 0 Å². The van der Waals surface area contributed by atoms with Crippen molar-refractivity contribution in [2.75, 3.05) is 0 Å². The third kappa shape index (κ3) is 1.57. The topological polar surface area (TPSA) is 52.3 Å². The van der Waals surface area contributed by atoms with E-state index in [-0.39, 0.29) is 11.9 Å². The molecule has 1 spiro atoms. The smallest absolute Gasteiger partial charge is 0.307 e. The van der Waals surface area contributed by atoms with Gasteiger partial charge in [-0.3, -0.25) is 4.79 Å². The maximum atomic E-state index is 12.2. The van der Waals surface area contributed by atoms with Crippen LogP contribution in [-0.2, 0) is 15.1 Å². The van der Waals surface area contributed by atoms with Crippen LogP contribution in [0.25, 0.3) is 11.1 Å². The quantitative estimate of drug-likeness (QED) is 0.821. The average molecular weight is 293 g/mol. The number of carbonyl (C=O) groups excluding carboxylic acids is 1. The van der Waals surface area contributed by atoms with Gasteiger partial charge in [0.15, 0.2) is 5.60 Å². The monoisotopic (exact) mass is 293 g/mol. The van der Waals surface area contributed by atoms with Crippen LogP contribution in [-0.4, -0.2) is 11.5 Å². The van der Waals surface area contributed by atoms with E-state index in [1.54, 1.807) is 0 Å². The van der Waals surface area contributed by atoms with Crippen LogP contribution < -0.4 is 5.73 Å². The van der Waals surface area contributed by atoms with Gasteiger partial charge in [-0.05, 0) is 25.0 Å². The first-order valence-corrected chi connectivity index (χ1v) is 7.64. The van der Waals surface area contributed by atoms with Gasteiger partial charge in [0.25, 0.3) is 0 Å². The molecule has 0 aromatic heterocycles. The number of fused-ring (bicyclic) bond motifs is 5. The van der Waals surface area contributed by atoms with Gasteiger partial charge in [0, 0.05) is 22.6 Å². The molecule has 2 N–H and O–H groups in total. The summed E-state index contributed by atoms with van der Waals surface area (Å²) in [7, 11) is 0. The Bertz CT molecular complexity index is 727. The van der Waals surface area contributed by atoms with Gasteiger partial charge in [-0.25, -0.2) is 0 Å². The van der Waals surface area contributed by atoms with E-state index in [9.17, 15) is 4.79 Å². The molecule has 4 rings (SSSR count). The Balaban J connectivity index is 2.07. The lowest BCUT2D eigenvalue weighted by molar-refractivity contribution is -0.147. The summed E-state index contributed by atoms with van der Waals surface area (Å²) in [6, 6.07) is 16.4. The lowest BCUT2D eigenvalue weighted by Gasteiger charge is -2.38. The van der Waals surface area contributed by atoms with Crippen molar-refractivity contribution in [2.45, 2.75) is 31.4 Å². The van der Waals surface area contributed by atoms with Crippen molar-refractivity contribution in [3.8, 4) is 11.1 Å². The zero-order valence-electron chi connectivity index (χ0n) is 12.8. The van der Waals surface area contributed by atoms with Crippen molar-refractivity contribution in [2.24, 2.45) is 11.7 Å². The highest BCUT2D eigenvalue weighted by Gasteiger charge is 2.60. The Morgan fingerprint density at radius 3 is 2.05 bits per heavy atom. The summed E-state index contributed by atoms with van der Waals surface area (Å²) in [4.78, 5) is 12.2. The third-order valence-electron chi connectivity index (χ3n) is 4.98. The third-order valence-corrected chi connectivity index (χ3v) is 4.98. The second kappa shape index (κ2) is 4.20. The van der Waals surface area contributed by atoms with Gasteiger partial charge in [0.2, 0.25) is 0 Å². The summed E-state index contributed by atoms with van der Waals surface area (Å²) in [6.45, 7) is 3.95. The van der Waals surface area contributed by atoms with Crippen molar-refractivity contribution in [1.29, 1.82) is 0 Å². The van der Waals surface area contributed by atoms with Crippen LogP contribution in [0.5, 0.6) is 0 Å². The molecule has 1 atom stereocenters. The summed E-state index contributed by atoms with van der Waals surface area (Å²) in [6.07, 6.45) is 0.353. The van der Waals surface area contributed by atoms with Gasteiger partial charge >= 0.3 is 5.97 Å². The van der Waals surface area contributed by atoms with Crippen LogP contribution in [0.15, 0.2) is 48.5 Å². The zero-order valence-corrected chi connectivity index (χ0v) is 12.8.